The molecular formula is C15H17FN+. The third kappa shape index (κ3) is 2.07. The van der Waals surface area contributed by atoms with Crippen LogP contribution in [0.15, 0.2) is 30.3 Å². The molecule has 2 aromatic rings. The van der Waals surface area contributed by atoms with Gasteiger partial charge in [0.05, 0.1) is 0 Å². The van der Waals surface area contributed by atoms with E-state index in [1.807, 2.05) is 17.7 Å². The van der Waals surface area contributed by atoms with Gasteiger partial charge in [0, 0.05) is 18.6 Å². The normalized spacial score (nSPS) is 10.6. The Morgan fingerprint density at radius 3 is 2.35 bits per heavy atom. The van der Waals surface area contributed by atoms with Gasteiger partial charge in [-0.2, -0.15) is 4.57 Å². The average molecular weight is 230 g/mol. The Balaban J connectivity index is 2.65. The minimum absolute atomic E-state index is 0.166. The number of aromatic nitrogens is 1. The van der Waals surface area contributed by atoms with Crippen molar-refractivity contribution in [3.63, 3.8) is 0 Å². The Kier molecular flexibility index (Phi) is 2.97. The van der Waals surface area contributed by atoms with Crippen LogP contribution in [-0.2, 0) is 7.05 Å². The maximum atomic E-state index is 13.4. The highest BCUT2D eigenvalue weighted by atomic mass is 19.1. The van der Waals surface area contributed by atoms with Crippen molar-refractivity contribution < 1.29 is 8.96 Å². The maximum absolute atomic E-state index is 13.4. The number of benzene rings is 1. The van der Waals surface area contributed by atoms with Crippen molar-refractivity contribution >= 4 is 0 Å². The second kappa shape index (κ2) is 4.28. The minimum Gasteiger partial charge on any atom is -0.200 e. The van der Waals surface area contributed by atoms with Gasteiger partial charge < -0.3 is 0 Å². The lowest BCUT2D eigenvalue weighted by molar-refractivity contribution is -0.668. The van der Waals surface area contributed by atoms with Gasteiger partial charge in [-0.05, 0) is 31.5 Å². The van der Waals surface area contributed by atoms with E-state index < -0.39 is 0 Å². The molecule has 0 atom stereocenters. The second-order valence-corrected chi connectivity index (χ2v) is 4.53. The molecule has 88 valence electrons. The Morgan fingerprint density at radius 1 is 1.00 bits per heavy atom. The Morgan fingerprint density at radius 2 is 1.71 bits per heavy atom. The first kappa shape index (κ1) is 11.8. The number of hydrogen-bond donors (Lipinski definition) is 0. The first-order valence-electron chi connectivity index (χ1n) is 5.73. The summed E-state index contributed by atoms with van der Waals surface area (Å²) in [5.74, 6) is -0.166. The first-order chi connectivity index (χ1) is 8.00. The van der Waals surface area contributed by atoms with E-state index >= 15 is 0 Å². The molecule has 0 aliphatic carbocycles. The molecule has 2 heteroatoms. The van der Waals surface area contributed by atoms with Crippen LogP contribution < -0.4 is 4.57 Å². The van der Waals surface area contributed by atoms with Gasteiger partial charge in [-0.25, -0.2) is 4.39 Å². The van der Waals surface area contributed by atoms with Gasteiger partial charge in [0.15, 0.2) is 5.82 Å². The quantitative estimate of drug-likeness (QED) is 0.662. The summed E-state index contributed by atoms with van der Waals surface area (Å²) in [4.78, 5) is 0. The Labute approximate surface area is 102 Å². The van der Waals surface area contributed by atoms with Crippen molar-refractivity contribution in [2.75, 3.05) is 0 Å². The van der Waals surface area contributed by atoms with E-state index in [0.717, 1.165) is 11.3 Å². The molecule has 0 saturated heterocycles. The number of aryl methyl sites for hydroxylation is 2. The molecule has 0 unspecified atom stereocenters. The van der Waals surface area contributed by atoms with Crippen LogP contribution in [0.25, 0.3) is 11.3 Å². The van der Waals surface area contributed by atoms with E-state index in [1.165, 1.54) is 17.2 Å². The van der Waals surface area contributed by atoms with Crippen molar-refractivity contribution in [2.24, 2.45) is 7.05 Å². The standard InChI is InChI=1S/C15H17FN/c1-10-5-6-13(11(2)9-10)15-8-7-14(16)12(3)17(15)4/h5-9H,1-4H3/q+1. The van der Waals surface area contributed by atoms with Gasteiger partial charge in [-0.3, -0.25) is 0 Å². The molecule has 0 aliphatic rings. The third-order valence-electron chi connectivity index (χ3n) is 3.26. The number of hydrogen-bond acceptors (Lipinski definition) is 0. The zero-order valence-electron chi connectivity index (χ0n) is 10.7. The van der Waals surface area contributed by atoms with Gasteiger partial charge in [0.1, 0.15) is 7.05 Å². The van der Waals surface area contributed by atoms with Crippen molar-refractivity contribution in [1.29, 1.82) is 0 Å². The monoisotopic (exact) mass is 230 g/mol. The maximum Gasteiger partial charge on any atom is 0.214 e. The summed E-state index contributed by atoms with van der Waals surface area (Å²) in [7, 11) is 1.90. The molecule has 0 aliphatic heterocycles. The topological polar surface area (TPSA) is 3.88 Å². The summed E-state index contributed by atoms with van der Waals surface area (Å²) in [5.41, 5.74) is 5.31. The lowest BCUT2D eigenvalue weighted by atomic mass is 10.0. The van der Waals surface area contributed by atoms with Gasteiger partial charge in [-0.15, -0.1) is 0 Å². The highest BCUT2D eigenvalue weighted by Crippen LogP contribution is 2.21. The Bertz CT molecular complexity index is 573. The molecule has 0 spiro atoms. The van der Waals surface area contributed by atoms with Crippen LogP contribution >= 0.6 is 0 Å². The van der Waals surface area contributed by atoms with Crippen LogP contribution in [0.4, 0.5) is 4.39 Å². The predicted octanol–water partition coefficient (Wildman–Crippen LogP) is 3.24. The van der Waals surface area contributed by atoms with Gasteiger partial charge >= 0.3 is 0 Å². The second-order valence-electron chi connectivity index (χ2n) is 4.53. The largest absolute Gasteiger partial charge is 0.214 e. The fraction of sp³-hybridized carbons (Fsp3) is 0.267. The molecular weight excluding hydrogens is 213 g/mol. The summed E-state index contributed by atoms with van der Waals surface area (Å²) < 4.78 is 15.3. The molecule has 0 bridgehead atoms. The lowest BCUT2D eigenvalue weighted by Crippen LogP contribution is -2.35. The zero-order valence-corrected chi connectivity index (χ0v) is 10.7. The molecule has 1 aromatic heterocycles. The van der Waals surface area contributed by atoms with Gasteiger partial charge in [-0.1, -0.05) is 17.7 Å². The minimum atomic E-state index is -0.166. The summed E-state index contributed by atoms with van der Waals surface area (Å²) >= 11 is 0. The number of pyridine rings is 1. The van der Waals surface area contributed by atoms with Crippen LogP contribution in [0.1, 0.15) is 16.8 Å². The number of halogens is 1. The summed E-state index contributed by atoms with van der Waals surface area (Å²) in [6.07, 6.45) is 0. The van der Waals surface area contributed by atoms with Crippen LogP contribution in [0.5, 0.6) is 0 Å². The van der Waals surface area contributed by atoms with Crippen LogP contribution in [0.3, 0.4) is 0 Å². The smallest absolute Gasteiger partial charge is 0.200 e. The molecule has 0 amide bonds. The summed E-state index contributed by atoms with van der Waals surface area (Å²) in [5, 5.41) is 0. The summed E-state index contributed by atoms with van der Waals surface area (Å²) in [6, 6.07) is 9.69. The van der Waals surface area contributed by atoms with Crippen molar-refractivity contribution in [3.8, 4) is 11.3 Å². The Hall–Kier alpha value is -1.70. The predicted molar refractivity (Wildman–Crippen MR) is 67.2 cm³/mol. The summed E-state index contributed by atoms with van der Waals surface area (Å²) in [6.45, 7) is 5.95. The van der Waals surface area contributed by atoms with Crippen molar-refractivity contribution in [1.82, 2.24) is 0 Å². The highest BCUT2D eigenvalue weighted by Gasteiger charge is 2.17. The van der Waals surface area contributed by atoms with E-state index in [9.17, 15) is 4.39 Å². The lowest BCUT2D eigenvalue weighted by Gasteiger charge is -2.07. The van der Waals surface area contributed by atoms with E-state index in [4.69, 9.17) is 0 Å². The highest BCUT2D eigenvalue weighted by molar-refractivity contribution is 5.61. The third-order valence-corrected chi connectivity index (χ3v) is 3.26. The fourth-order valence-corrected chi connectivity index (χ4v) is 2.10. The molecule has 17 heavy (non-hydrogen) atoms. The van der Waals surface area contributed by atoms with E-state index in [1.54, 1.807) is 6.92 Å². The zero-order chi connectivity index (χ0) is 12.6. The fourth-order valence-electron chi connectivity index (χ4n) is 2.10. The molecule has 0 radical (unpaired) electrons. The molecule has 1 heterocycles. The van der Waals surface area contributed by atoms with E-state index in [0.29, 0.717) is 5.69 Å². The average Bonchev–Trinajstić information content (AvgIpc) is 2.28. The van der Waals surface area contributed by atoms with Crippen LogP contribution in [0, 0.1) is 26.6 Å². The van der Waals surface area contributed by atoms with Crippen molar-refractivity contribution in [2.45, 2.75) is 20.8 Å². The molecule has 0 fully saturated rings. The number of nitrogens with zero attached hydrogens (tertiary/aromatic N) is 1. The van der Waals surface area contributed by atoms with Crippen LogP contribution in [-0.4, -0.2) is 0 Å². The molecule has 1 aromatic carbocycles. The molecule has 0 saturated carbocycles. The van der Waals surface area contributed by atoms with E-state index in [-0.39, 0.29) is 5.82 Å². The van der Waals surface area contributed by atoms with Gasteiger partial charge in [0.2, 0.25) is 11.4 Å². The van der Waals surface area contributed by atoms with Crippen LogP contribution in [0.2, 0.25) is 0 Å². The molecule has 2 rings (SSSR count). The first-order valence-corrected chi connectivity index (χ1v) is 5.73. The molecule has 1 nitrogen and oxygen atoms in total. The number of rotatable bonds is 1. The molecule has 0 N–H and O–H groups in total. The van der Waals surface area contributed by atoms with E-state index in [2.05, 4.69) is 32.0 Å². The SMILES string of the molecule is Cc1ccc(-c2ccc(F)c(C)[n+]2C)c(C)c1. The van der Waals surface area contributed by atoms with Crippen molar-refractivity contribution in [3.05, 3.63) is 53.0 Å². The van der Waals surface area contributed by atoms with Gasteiger partial charge in [0.25, 0.3) is 0 Å².